The van der Waals surface area contributed by atoms with E-state index >= 15 is 0 Å². The molecule has 0 radical (unpaired) electrons. The SMILES string of the molecule is CC1(C)CCN(C(=O)c2cc3cccc(N)c3[nH]2)C1. The van der Waals surface area contributed by atoms with Crippen LogP contribution in [-0.4, -0.2) is 28.9 Å². The number of hydrogen-bond donors (Lipinski definition) is 2. The molecule has 2 heterocycles. The number of likely N-dealkylation sites (tertiary alicyclic amines) is 1. The number of para-hydroxylation sites is 1. The molecule has 0 unspecified atom stereocenters. The van der Waals surface area contributed by atoms with E-state index in [2.05, 4.69) is 18.8 Å². The van der Waals surface area contributed by atoms with Gasteiger partial charge in [-0.25, -0.2) is 0 Å². The molecular weight excluding hydrogens is 238 g/mol. The number of nitrogens with zero attached hydrogens (tertiary/aromatic N) is 1. The summed E-state index contributed by atoms with van der Waals surface area (Å²) in [5.41, 5.74) is 8.29. The fourth-order valence-electron chi connectivity index (χ4n) is 2.75. The number of hydrogen-bond acceptors (Lipinski definition) is 2. The number of carbonyl (C=O) groups is 1. The number of rotatable bonds is 1. The quantitative estimate of drug-likeness (QED) is 0.771. The molecule has 100 valence electrons. The van der Waals surface area contributed by atoms with Gasteiger partial charge in [-0.3, -0.25) is 4.79 Å². The molecule has 1 aliphatic rings. The molecule has 1 saturated heterocycles. The molecule has 3 N–H and O–H groups in total. The fraction of sp³-hybridized carbons (Fsp3) is 0.400. The minimum Gasteiger partial charge on any atom is -0.397 e. The van der Waals surface area contributed by atoms with E-state index in [0.717, 1.165) is 30.4 Å². The van der Waals surface area contributed by atoms with Crippen molar-refractivity contribution in [2.45, 2.75) is 20.3 Å². The first kappa shape index (κ1) is 12.1. The minimum absolute atomic E-state index is 0.0705. The molecule has 0 bridgehead atoms. The van der Waals surface area contributed by atoms with Crippen molar-refractivity contribution in [2.75, 3.05) is 18.8 Å². The summed E-state index contributed by atoms with van der Waals surface area (Å²) in [5, 5.41) is 0.988. The monoisotopic (exact) mass is 257 g/mol. The predicted molar refractivity (Wildman–Crippen MR) is 77.0 cm³/mol. The summed E-state index contributed by atoms with van der Waals surface area (Å²) in [6, 6.07) is 7.59. The van der Waals surface area contributed by atoms with Gasteiger partial charge in [0.25, 0.3) is 5.91 Å². The number of benzene rings is 1. The third-order valence-corrected chi connectivity index (χ3v) is 3.88. The molecule has 4 nitrogen and oxygen atoms in total. The van der Waals surface area contributed by atoms with Gasteiger partial charge in [0.1, 0.15) is 5.69 Å². The number of anilines is 1. The standard InChI is InChI=1S/C15H19N3O/c1-15(2)6-7-18(9-15)14(19)12-8-10-4-3-5-11(16)13(10)17-12/h3-5,8,17H,6-7,9,16H2,1-2H3. The van der Waals surface area contributed by atoms with Crippen LogP contribution >= 0.6 is 0 Å². The largest absolute Gasteiger partial charge is 0.397 e. The van der Waals surface area contributed by atoms with Gasteiger partial charge in [-0.1, -0.05) is 26.0 Å². The molecule has 19 heavy (non-hydrogen) atoms. The number of nitrogens with one attached hydrogen (secondary N) is 1. The van der Waals surface area contributed by atoms with E-state index in [1.54, 1.807) is 0 Å². The van der Waals surface area contributed by atoms with E-state index in [-0.39, 0.29) is 11.3 Å². The van der Waals surface area contributed by atoms with E-state index < -0.39 is 0 Å². The van der Waals surface area contributed by atoms with Crippen LogP contribution in [0.15, 0.2) is 24.3 Å². The molecular formula is C15H19N3O. The Kier molecular flexibility index (Phi) is 2.55. The van der Waals surface area contributed by atoms with Crippen LogP contribution < -0.4 is 5.73 Å². The molecule has 3 rings (SSSR count). The van der Waals surface area contributed by atoms with E-state index in [0.29, 0.717) is 11.4 Å². The smallest absolute Gasteiger partial charge is 0.270 e. The van der Waals surface area contributed by atoms with E-state index in [4.69, 9.17) is 5.73 Å². The van der Waals surface area contributed by atoms with Crippen molar-refractivity contribution in [1.82, 2.24) is 9.88 Å². The average molecular weight is 257 g/mol. The summed E-state index contributed by atoms with van der Waals surface area (Å²) < 4.78 is 0. The summed E-state index contributed by atoms with van der Waals surface area (Å²) in [6.45, 7) is 6.04. The lowest BCUT2D eigenvalue weighted by Crippen LogP contribution is -2.30. The van der Waals surface area contributed by atoms with Gasteiger partial charge in [-0.05, 0) is 24.0 Å². The minimum atomic E-state index is 0.0705. The highest BCUT2D eigenvalue weighted by molar-refractivity contribution is 6.00. The van der Waals surface area contributed by atoms with E-state index in [1.807, 2.05) is 29.2 Å². The van der Waals surface area contributed by atoms with Crippen LogP contribution in [-0.2, 0) is 0 Å². The van der Waals surface area contributed by atoms with Gasteiger partial charge in [0, 0.05) is 18.5 Å². The normalized spacial score (nSPS) is 18.1. The zero-order chi connectivity index (χ0) is 13.6. The Balaban J connectivity index is 1.92. The number of nitrogen functional groups attached to an aromatic ring is 1. The molecule has 1 fully saturated rings. The highest BCUT2D eigenvalue weighted by Crippen LogP contribution is 2.30. The lowest BCUT2D eigenvalue weighted by Gasteiger charge is -2.19. The lowest BCUT2D eigenvalue weighted by atomic mass is 9.93. The zero-order valence-electron chi connectivity index (χ0n) is 11.4. The fourth-order valence-corrected chi connectivity index (χ4v) is 2.75. The number of aromatic amines is 1. The van der Waals surface area contributed by atoms with Crippen LogP contribution in [0.2, 0.25) is 0 Å². The van der Waals surface area contributed by atoms with Crippen molar-refractivity contribution in [1.29, 1.82) is 0 Å². The Labute approximate surface area is 112 Å². The molecule has 0 atom stereocenters. The van der Waals surface area contributed by atoms with Crippen LogP contribution in [0, 0.1) is 5.41 Å². The van der Waals surface area contributed by atoms with Crippen molar-refractivity contribution in [2.24, 2.45) is 5.41 Å². The topological polar surface area (TPSA) is 62.1 Å². The molecule has 0 aliphatic carbocycles. The lowest BCUT2D eigenvalue weighted by molar-refractivity contribution is 0.0773. The van der Waals surface area contributed by atoms with Gasteiger partial charge in [0.15, 0.2) is 0 Å². The van der Waals surface area contributed by atoms with Gasteiger partial charge in [0.2, 0.25) is 0 Å². The molecule has 0 spiro atoms. The Morgan fingerprint density at radius 3 is 2.84 bits per heavy atom. The summed E-state index contributed by atoms with van der Waals surface area (Å²) in [4.78, 5) is 17.5. The Hall–Kier alpha value is -1.97. The summed E-state index contributed by atoms with van der Waals surface area (Å²) >= 11 is 0. The Bertz CT molecular complexity index is 642. The molecule has 1 aromatic heterocycles. The second-order valence-electron chi connectivity index (χ2n) is 6.14. The van der Waals surface area contributed by atoms with Crippen molar-refractivity contribution < 1.29 is 4.79 Å². The van der Waals surface area contributed by atoms with Crippen LogP contribution in [0.3, 0.4) is 0 Å². The van der Waals surface area contributed by atoms with Crippen LogP contribution in [0.4, 0.5) is 5.69 Å². The Morgan fingerprint density at radius 1 is 1.42 bits per heavy atom. The van der Waals surface area contributed by atoms with Gasteiger partial charge in [-0.2, -0.15) is 0 Å². The maximum absolute atomic E-state index is 12.5. The second kappa shape index (κ2) is 4.02. The summed E-state index contributed by atoms with van der Waals surface area (Å²) in [6.07, 6.45) is 1.06. The van der Waals surface area contributed by atoms with Crippen molar-refractivity contribution in [3.63, 3.8) is 0 Å². The highest BCUT2D eigenvalue weighted by Gasteiger charge is 2.32. The molecule has 0 saturated carbocycles. The highest BCUT2D eigenvalue weighted by atomic mass is 16.2. The molecule has 1 aliphatic heterocycles. The molecule has 2 aromatic rings. The number of amides is 1. The number of carbonyl (C=O) groups excluding carboxylic acids is 1. The van der Waals surface area contributed by atoms with Crippen LogP contribution in [0.5, 0.6) is 0 Å². The van der Waals surface area contributed by atoms with Gasteiger partial charge < -0.3 is 15.6 Å². The van der Waals surface area contributed by atoms with Crippen LogP contribution in [0.25, 0.3) is 10.9 Å². The maximum atomic E-state index is 12.5. The first-order valence-corrected chi connectivity index (χ1v) is 6.63. The second-order valence-corrected chi connectivity index (χ2v) is 6.14. The number of fused-ring (bicyclic) bond motifs is 1. The van der Waals surface area contributed by atoms with E-state index in [1.165, 1.54) is 0 Å². The van der Waals surface area contributed by atoms with Gasteiger partial charge in [-0.15, -0.1) is 0 Å². The first-order valence-electron chi connectivity index (χ1n) is 6.63. The maximum Gasteiger partial charge on any atom is 0.270 e. The summed E-state index contributed by atoms with van der Waals surface area (Å²) in [7, 11) is 0. The van der Waals surface area contributed by atoms with Crippen molar-refractivity contribution in [3.05, 3.63) is 30.0 Å². The molecule has 1 amide bonds. The summed E-state index contributed by atoms with van der Waals surface area (Å²) in [5.74, 6) is 0.0705. The first-order chi connectivity index (χ1) is 8.96. The Morgan fingerprint density at radius 2 is 2.21 bits per heavy atom. The number of nitrogens with two attached hydrogens (primary N) is 1. The number of aromatic nitrogens is 1. The third kappa shape index (κ3) is 2.07. The third-order valence-electron chi connectivity index (χ3n) is 3.88. The van der Waals surface area contributed by atoms with Crippen molar-refractivity contribution >= 4 is 22.5 Å². The molecule has 1 aromatic carbocycles. The van der Waals surface area contributed by atoms with Gasteiger partial charge >= 0.3 is 0 Å². The van der Waals surface area contributed by atoms with E-state index in [9.17, 15) is 4.79 Å². The zero-order valence-corrected chi connectivity index (χ0v) is 11.4. The van der Waals surface area contributed by atoms with Crippen molar-refractivity contribution in [3.8, 4) is 0 Å². The van der Waals surface area contributed by atoms with Crippen LogP contribution in [0.1, 0.15) is 30.8 Å². The predicted octanol–water partition coefficient (Wildman–Crippen LogP) is 2.62. The molecule has 4 heteroatoms. The average Bonchev–Trinajstić information content (AvgIpc) is 2.92. The number of H-pyrrole nitrogens is 1. The van der Waals surface area contributed by atoms with Gasteiger partial charge in [0.05, 0.1) is 11.2 Å².